The molecule has 0 amide bonds. The molecule has 0 aliphatic carbocycles. The Bertz CT molecular complexity index is 623. The zero-order valence-corrected chi connectivity index (χ0v) is 11.9. The van der Waals surface area contributed by atoms with E-state index in [0.29, 0.717) is 22.2 Å². The molecule has 0 saturated heterocycles. The van der Waals surface area contributed by atoms with Crippen LogP contribution in [0.2, 0.25) is 5.02 Å². The SMILES string of the molecule is CC(C)(C(=O)O)c1ccnc(Oc2ccc(Cl)cc2)c1. The zero-order valence-electron chi connectivity index (χ0n) is 11.1. The third kappa shape index (κ3) is 3.08. The predicted octanol–water partition coefficient (Wildman–Crippen LogP) is 3.89. The van der Waals surface area contributed by atoms with Crippen LogP contribution in [0.3, 0.4) is 0 Å². The molecular formula is C15H14ClNO3. The van der Waals surface area contributed by atoms with Gasteiger partial charge in [-0.3, -0.25) is 4.79 Å². The van der Waals surface area contributed by atoms with Crippen LogP contribution in [0, 0.1) is 0 Å². The summed E-state index contributed by atoms with van der Waals surface area (Å²) >= 11 is 5.80. The van der Waals surface area contributed by atoms with Crippen LogP contribution in [0.1, 0.15) is 19.4 Å². The minimum atomic E-state index is -0.999. The van der Waals surface area contributed by atoms with Crippen LogP contribution >= 0.6 is 11.6 Å². The van der Waals surface area contributed by atoms with E-state index in [2.05, 4.69) is 4.98 Å². The van der Waals surface area contributed by atoms with Crippen molar-refractivity contribution in [3.05, 3.63) is 53.2 Å². The van der Waals surface area contributed by atoms with Crippen molar-refractivity contribution in [1.82, 2.24) is 4.98 Å². The number of nitrogens with zero attached hydrogens (tertiary/aromatic N) is 1. The monoisotopic (exact) mass is 291 g/mol. The third-order valence-corrected chi connectivity index (χ3v) is 3.28. The lowest BCUT2D eigenvalue weighted by Crippen LogP contribution is -2.28. The number of hydrogen-bond donors (Lipinski definition) is 1. The van der Waals surface area contributed by atoms with Crippen LogP contribution in [-0.4, -0.2) is 16.1 Å². The number of halogens is 1. The summed E-state index contributed by atoms with van der Waals surface area (Å²) in [4.78, 5) is 15.3. The normalized spacial score (nSPS) is 11.2. The van der Waals surface area contributed by atoms with E-state index in [1.54, 1.807) is 50.2 Å². The summed E-state index contributed by atoms with van der Waals surface area (Å²) in [6.45, 7) is 3.27. The molecule has 0 aliphatic heterocycles. The maximum Gasteiger partial charge on any atom is 0.313 e. The van der Waals surface area contributed by atoms with E-state index in [0.717, 1.165) is 0 Å². The second-order valence-corrected chi connectivity index (χ2v) is 5.31. The molecule has 0 atom stereocenters. The van der Waals surface area contributed by atoms with Gasteiger partial charge in [0.15, 0.2) is 0 Å². The Morgan fingerprint density at radius 1 is 1.25 bits per heavy atom. The number of hydrogen-bond acceptors (Lipinski definition) is 3. The fourth-order valence-corrected chi connectivity index (χ4v) is 1.73. The van der Waals surface area contributed by atoms with Crippen molar-refractivity contribution in [3.8, 4) is 11.6 Å². The van der Waals surface area contributed by atoms with Crippen molar-refractivity contribution >= 4 is 17.6 Å². The first-order valence-corrected chi connectivity index (χ1v) is 6.41. The van der Waals surface area contributed by atoms with E-state index in [9.17, 15) is 9.90 Å². The average Bonchev–Trinajstić information content (AvgIpc) is 2.41. The van der Waals surface area contributed by atoms with Crippen LogP contribution in [0.4, 0.5) is 0 Å². The second-order valence-electron chi connectivity index (χ2n) is 4.87. The summed E-state index contributed by atoms with van der Waals surface area (Å²) in [6, 6.07) is 10.2. The molecule has 0 spiro atoms. The second kappa shape index (κ2) is 5.51. The van der Waals surface area contributed by atoms with Crippen molar-refractivity contribution in [2.24, 2.45) is 0 Å². The lowest BCUT2D eigenvalue weighted by atomic mass is 9.85. The standard InChI is InChI=1S/C15H14ClNO3/c1-15(2,14(18)19)10-7-8-17-13(9-10)20-12-5-3-11(16)4-6-12/h3-9H,1-2H3,(H,18,19). The molecular weight excluding hydrogens is 278 g/mol. The smallest absolute Gasteiger partial charge is 0.313 e. The van der Waals surface area contributed by atoms with Gasteiger partial charge in [0.2, 0.25) is 5.88 Å². The Labute approximate surface area is 122 Å². The number of benzene rings is 1. The van der Waals surface area contributed by atoms with Crippen LogP contribution < -0.4 is 4.74 Å². The number of pyridine rings is 1. The highest BCUT2D eigenvalue weighted by Gasteiger charge is 2.29. The van der Waals surface area contributed by atoms with Crippen LogP contribution in [0.5, 0.6) is 11.6 Å². The van der Waals surface area contributed by atoms with Gasteiger partial charge < -0.3 is 9.84 Å². The minimum absolute atomic E-state index is 0.346. The highest BCUT2D eigenvalue weighted by atomic mass is 35.5. The van der Waals surface area contributed by atoms with Crippen LogP contribution in [0.15, 0.2) is 42.6 Å². The van der Waals surface area contributed by atoms with E-state index < -0.39 is 11.4 Å². The number of carbonyl (C=O) groups is 1. The van der Waals surface area contributed by atoms with Crippen molar-refractivity contribution in [2.45, 2.75) is 19.3 Å². The zero-order chi connectivity index (χ0) is 14.8. The van der Waals surface area contributed by atoms with E-state index in [4.69, 9.17) is 16.3 Å². The Balaban J connectivity index is 2.26. The highest BCUT2D eigenvalue weighted by molar-refractivity contribution is 6.30. The van der Waals surface area contributed by atoms with Crippen molar-refractivity contribution < 1.29 is 14.6 Å². The van der Waals surface area contributed by atoms with Crippen molar-refractivity contribution in [2.75, 3.05) is 0 Å². The molecule has 0 fully saturated rings. The van der Waals surface area contributed by atoms with Gasteiger partial charge in [0, 0.05) is 17.3 Å². The summed E-state index contributed by atoms with van der Waals surface area (Å²) in [5.41, 5.74) is -0.370. The summed E-state index contributed by atoms with van der Waals surface area (Å²) in [7, 11) is 0. The minimum Gasteiger partial charge on any atom is -0.481 e. The van der Waals surface area contributed by atoms with Crippen molar-refractivity contribution in [1.29, 1.82) is 0 Å². The topological polar surface area (TPSA) is 59.4 Å². The lowest BCUT2D eigenvalue weighted by Gasteiger charge is -2.19. The molecule has 104 valence electrons. The molecule has 1 heterocycles. The van der Waals surface area contributed by atoms with Gasteiger partial charge in [-0.2, -0.15) is 0 Å². The lowest BCUT2D eigenvalue weighted by molar-refractivity contribution is -0.142. The molecule has 2 rings (SSSR count). The van der Waals surface area contributed by atoms with Crippen molar-refractivity contribution in [3.63, 3.8) is 0 Å². The molecule has 1 N–H and O–H groups in total. The van der Waals surface area contributed by atoms with E-state index in [1.807, 2.05) is 0 Å². The largest absolute Gasteiger partial charge is 0.481 e. The molecule has 0 unspecified atom stereocenters. The molecule has 0 saturated carbocycles. The van der Waals surface area contributed by atoms with Gasteiger partial charge in [-0.1, -0.05) is 11.6 Å². The van der Waals surface area contributed by atoms with Gasteiger partial charge in [0.05, 0.1) is 5.41 Å². The van der Waals surface area contributed by atoms with E-state index in [-0.39, 0.29) is 0 Å². The fraction of sp³-hybridized carbons (Fsp3) is 0.200. The van der Waals surface area contributed by atoms with Gasteiger partial charge in [0.25, 0.3) is 0 Å². The fourth-order valence-electron chi connectivity index (χ4n) is 1.60. The van der Waals surface area contributed by atoms with Gasteiger partial charge in [-0.05, 0) is 49.7 Å². The number of aromatic nitrogens is 1. The maximum atomic E-state index is 11.3. The first kappa shape index (κ1) is 14.3. The Morgan fingerprint density at radius 2 is 1.90 bits per heavy atom. The molecule has 0 bridgehead atoms. The van der Waals surface area contributed by atoms with E-state index in [1.165, 1.54) is 6.20 Å². The number of aliphatic carboxylic acids is 1. The quantitative estimate of drug-likeness (QED) is 0.928. The number of carboxylic acids is 1. The molecule has 0 radical (unpaired) electrons. The highest BCUT2D eigenvalue weighted by Crippen LogP contribution is 2.28. The number of rotatable bonds is 4. The summed E-state index contributed by atoms with van der Waals surface area (Å²) in [5, 5.41) is 9.85. The molecule has 1 aromatic heterocycles. The van der Waals surface area contributed by atoms with Crippen LogP contribution in [-0.2, 0) is 10.2 Å². The molecule has 5 heteroatoms. The van der Waals surface area contributed by atoms with Gasteiger partial charge >= 0.3 is 5.97 Å². The molecule has 4 nitrogen and oxygen atoms in total. The molecule has 1 aromatic carbocycles. The van der Waals surface area contributed by atoms with Gasteiger partial charge in [0.1, 0.15) is 5.75 Å². The first-order chi connectivity index (χ1) is 9.39. The Kier molecular flexibility index (Phi) is 3.95. The Morgan fingerprint density at radius 3 is 2.50 bits per heavy atom. The van der Waals surface area contributed by atoms with Gasteiger partial charge in [-0.25, -0.2) is 4.98 Å². The molecule has 20 heavy (non-hydrogen) atoms. The summed E-state index contributed by atoms with van der Waals surface area (Å²) in [5.74, 6) is 0.0347. The first-order valence-electron chi connectivity index (χ1n) is 6.03. The van der Waals surface area contributed by atoms with E-state index >= 15 is 0 Å². The number of ether oxygens (including phenoxy) is 1. The summed E-state index contributed by atoms with van der Waals surface area (Å²) in [6.07, 6.45) is 1.53. The van der Waals surface area contributed by atoms with Crippen LogP contribution in [0.25, 0.3) is 0 Å². The summed E-state index contributed by atoms with van der Waals surface area (Å²) < 4.78 is 5.59. The maximum absolute atomic E-state index is 11.3. The van der Waals surface area contributed by atoms with Gasteiger partial charge in [-0.15, -0.1) is 0 Å². The predicted molar refractivity (Wildman–Crippen MR) is 76.4 cm³/mol. The molecule has 0 aliphatic rings. The number of carboxylic acid groups (broad SMARTS) is 1. The average molecular weight is 292 g/mol. The third-order valence-electron chi connectivity index (χ3n) is 3.03. The molecule has 2 aromatic rings. The Hall–Kier alpha value is -2.07.